The molecule has 1 rings (SSSR count). The molecule has 0 bridgehead atoms. The summed E-state index contributed by atoms with van der Waals surface area (Å²) >= 11 is 0. The molecule has 1 heterocycles. The van der Waals surface area contributed by atoms with Gasteiger partial charge in [0.05, 0.1) is 11.3 Å². The number of hydrogen-bond acceptors (Lipinski definition) is 4. The number of nitrogens with zero attached hydrogens (tertiary/aromatic N) is 1. The number of hydrogen-bond donors (Lipinski definition) is 3. The van der Waals surface area contributed by atoms with E-state index in [1.165, 1.54) is 12.3 Å². The average molecular weight is 237 g/mol. The number of nitrogens with one attached hydrogen (secondary N) is 1. The largest absolute Gasteiger partial charge is 0.478 e. The molecule has 17 heavy (non-hydrogen) atoms. The third-order valence-electron chi connectivity index (χ3n) is 3.03. The van der Waals surface area contributed by atoms with Crippen LogP contribution in [-0.4, -0.2) is 22.1 Å². The number of nitrogen functional groups attached to an aromatic ring is 1. The van der Waals surface area contributed by atoms with Gasteiger partial charge in [0, 0.05) is 12.2 Å². The molecule has 94 valence electrons. The van der Waals surface area contributed by atoms with Crippen LogP contribution in [0.2, 0.25) is 0 Å². The van der Waals surface area contributed by atoms with E-state index in [2.05, 4.69) is 31.1 Å². The van der Waals surface area contributed by atoms with Crippen LogP contribution in [0.3, 0.4) is 0 Å². The quantitative estimate of drug-likeness (QED) is 0.730. The Morgan fingerprint density at radius 3 is 2.71 bits per heavy atom. The molecule has 0 spiro atoms. The molecule has 0 radical (unpaired) electrons. The first-order valence-electron chi connectivity index (χ1n) is 5.71. The molecule has 1 aromatic heterocycles. The molecule has 0 amide bonds. The average Bonchev–Trinajstić information content (AvgIpc) is 2.30. The van der Waals surface area contributed by atoms with Crippen LogP contribution >= 0.6 is 0 Å². The van der Waals surface area contributed by atoms with Crippen LogP contribution in [0.1, 0.15) is 37.6 Å². The van der Waals surface area contributed by atoms with Crippen LogP contribution in [0.4, 0.5) is 11.5 Å². The third-order valence-corrected chi connectivity index (χ3v) is 3.03. The molecule has 0 saturated carbocycles. The highest BCUT2D eigenvalue weighted by molar-refractivity contribution is 5.89. The number of nitrogens with two attached hydrogens (primary N) is 1. The second-order valence-corrected chi connectivity index (χ2v) is 4.29. The van der Waals surface area contributed by atoms with Gasteiger partial charge < -0.3 is 16.2 Å². The fourth-order valence-electron chi connectivity index (χ4n) is 1.43. The van der Waals surface area contributed by atoms with Gasteiger partial charge in [0.2, 0.25) is 0 Å². The number of aromatic nitrogens is 1. The number of aromatic carboxylic acids is 1. The van der Waals surface area contributed by atoms with Crippen molar-refractivity contribution < 1.29 is 9.90 Å². The van der Waals surface area contributed by atoms with Crippen LogP contribution in [0, 0.1) is 5.92 Å². The van der Waals surface area contributed by atoms with Gasteiger partial charge in [0.1, 0.15) is 5.82 Å². The minimum atomic E-state index is -1.02. The zero-order chi connectivity index (χ0) is 13.0. The van der Waals surface area contributed by atoms with Crippen molar-refractivity contribution in [2.24, 2.45) is 5.92 Å². The number of carboxylic acid groups (broad SMARTS) is 1. The van der Waals surface area contributed by atoms with Crippen molar-refractivity contribution in [1.82, 2.24) is 4.98 Å². The zero-order valence-electron chi connectivity index (χ0n) is 10.4. The molecule has 0 aliphatic rings. The first kappa shape index (κ1) is 13.3. The van der Waals surface area contributed by atoms with E-state index < -0.39 is 5.97 Å². The molecule has 0 saturated heterocycles. The van der Waals surface area contributed by atoms with Crippen LogP contribution in [0.15, 0.2) is 12.3 Å². The summed E-state index contributed by atoms with van der Waals surface area (Å²) in [4.78, 5) is 14.8. The molecule has 5 nitrogen and oxygen atoms in total. The normalized spacial score (nSPS) is 14.1. The summed E-state index contributed by atoms with van der Waals surface area (Å²) in [5.41, 5.74) is 6.22. The zero-order valence-corrected chi connectivity index (χ0v) is 10.4. The Labute approximate surface area is 101 Å². The lowest BCUT2D eigenvalue weighted by Crippen LogP contribution is -2.24. The van der Waals surface area contributed by atoms with Gasteiger partial charge in [-0.3, -0.25) is 0 Å². The molecule has 0 aliphatic heterocycles. The summed E-state index contributed by atoms with van der Waals surface area (Å²) in [7, 11) is 0. The van der Waals surface area contributed by atoms with Crippen molar-refractivity contribution in [1.29, 1.82) is 0 Å². The number of carbonyl (C=O) groups is 1. The summed E-state index contributed by atoms with van der Waals surface area (Å²) in [6.45, 7) is 6.31. The van der Waals surface area contributed by atoms with Crippen molar-refractivity contribution in [2.45, 2.75) is 33.2 Å². The highest BCUT2D eigenvalue weighted by Gasteiger charge is 2.13. The van der Waals surface area contributed by atoms with Crippen molar-refractivity contribution in [2.75, 3.05) is 11.1 Å². The minimum Gasteiger partial charge on any atom is -0.478 e. The van der Waals surface area contributed by atoms with Gasteiger partial charge in [-0.05, 0) is 18.9 Å². The summed E-state index contributed by atoms with van der Waals surface area (Å²) in [5, 5.41) is 12.0. The van der Waals surface area contributed by atoms with E-state index in [0.717, 1.165) is 6.42 Å². The Morgan fingerprint density at radius 1 is 1.59 bits per heavy atom. The SMILES string of the molecule is CCC(C)C(C)Nc1ncc(C(=O)O)cc1N. The maximum Gasteiger partial charge on any atom is 0.337 e. The second-order valence-electron chi connectivity index (χ2n) is 4.29. The molecule has 0 fully saturated rings. The number of pyridine rings is 1. The smallest absolute Gasteiger partial charge is 0.337 e. The molecule has 2 atom stereocenters. The van der Waals surface area contributed by atoms with Gasteiger partial charge >= 0.3 is 5.97 Å². The molecule has 4 N–H and O–H groups in total. The van der Waals surface area contributed by atoms with E-state index in [1.807, 2.05) is 0 Å². The third kappa shape index (κ3) is 3.34. The minimum absolute atomic E-state index is 0.101. The molecule has 0 aliphatic carbocycles. The summed E-state index contributed by atoms with van der Waals surface area (Å²) in [5.74, 6) is 0.0175. The fourth-order valence-corrected chi connectivity index (χ4v) is 1.43. The van der Waals surface area contributed by atoms with Crippen LogP contribution < -0.4 is 11.1 Å². The lowest BCUT2D eigenvalue weighted by molar-refractivity contribution is 0.0696. The highest BCUT2D eigenvalue weighted by Crippen LogP contribution is 2.20. The van der Waals surface area contributed by atoms with Crippen molar-refractivity contribution in [3.05, 3.63) is 17.8 Å². The maximum atomic E-state index is 10.7. The molecular weight excluding hydrogens is 218 g/mol. The Balaban J connectivity index is 2.82. The molecule has 2 unspecified atom stereocenters. The van der Waals surface area contributed by atoms with E-state index in [4.69, 9.17) is 10.8 Å². The van der Waals surface area contributed by atoms with E-state index in [1.54, 1.807) is 0 Å². The number of rotatable bonds is 5. The van der Waals surface area contributed by atoms with E-state index in [9.17, 15) is 4.79 Å². The summed E-state index contributed by atoms with van der Waals surface area (Å²) in [6, 6.07) is 1.66. The summed E-state index contributed by atoms with van der Waals surface area (Å²) < 4.78 is 0. The lowest BCUT2D eigenvalue weighted by atomic mass is 10.0. The molecule has 0 aromatic carbocycles. The molecule has 5 heteroatoms. The van der Waals surface area contributed by atoms with Crippen LogP contribution in [0.25, 0.3) is 0 Å². The monoisotopic (exact) mass is 237 g/mol. The maximum absolute atomic E-state index is 10.7. The van der Waals surface area contributed by atoms with E-state index >= 15 is 0 Å². The first-order chi connectivity index (χ1) is 7.95. The van der Waals surface area contributed by atoms with Gasteiger partial charge in [-0.15, -0.1) is 0 Å². The highest BCUT2D eigenvalue weighted by atomic mass is 16.4. The van der Waals surface area contributed by atoms with Crippen LogP contribution in [-0.2, 0) is 0 Å². The Hall–Kier alpha value is -1.78. The standard InChI is InChI=1S/C12H19N3O2/c1-4-7(2)8(3)15-11-10(13)5-9(6-14-11)12(16)17/h5-8H,4,13H2,1-3H3,(H,14,15)(H,16,17). The van der Waals surface area contributed by atoms with Gasteiger partial charge in [-0.25, -0.2) is 9.78 Å². The van der Waals surface area contributed by atoms with Crippen molar-refractivity contribution in [3.63, 3.8) is 0 Å². The van der Waals surface area contributed by atoms with Gasteiger partial charge in [0.15, 0.2) is 0 Å². The fraction of sp³-hybridized carbons (Fsp3) is 0.500. The second kappa shape index (κ2) is 5.52. The number of anilines is 2. The predicted molar refractivity (Wildman–Crippen MR) is 68.1 cm³/mol. The molecular formula is C12H19N3O2. The lowest BCUT2D eigenvalue weighted by Gasteiger charge is -2.21. The Morgan fingerprint density at radius 2 is 2.24 bits per heavy atom. The van der Waals surface area contributed by atoms with Gasteiger partial charge in [-0.2, -0.15) is 0 Å². The van der Waals surface area contributed by atoms with E-state index in [-0.39, 0.29) is 11.6 Å². The topological polar surface area (TPSA) is 88.2 Å². The summed E-state index contributed by atoms with van der Waals surface area (Å²) in [6.07, 6.45) is 2.37. The Kier molecular flexibility index (Phi) is 4.31. The first-order valence-corrected chi connectivity index (χ1v) is 5.71. The van der Waals surface area contributed by atoms with Gasteiger partial charge in [0.25, 0.3) is 0 Å². The van der Waals surface area contributed by atoms with Crippen molar-refractivity contribution >= 4 is 17.5 Å². The van der Waals surface area contributed by atoms with Crippen LogP contribution in [0.5, 0.6) is 0 Å². The van der Waals surface area contributed by atoms with Gasteiger partial charge in [-0.1, -0.05) is 20.3 Å². The molecule has 1 aromatic rings. The Bertz CT molecular complexity index is 407. The van der Waals surface area contributed by atoms with Crippen molar-refractivity contribution in [3.8, 4) is 0 Å². The number of carboxylic acids is 1. The predicted octanol–water partition coefficient (Wildman–Crippen LogP) is 2.21. The van der Waals surface area contributed by atoms with E-state index in [0.29, 0.717) is 17.4 Å².